The van der Waals surface area contributed by atoms with Crippen molar-refractivity contribution in [3.05, 3.63) is 71.8 Å². The predicted octanol–water partition coefficient (Wildman–Crippen LogP) is 2.41. The summed E-state index contributed by atoms with van der Waals surface area (Å²) in [6, 6.07) is 9.20. The zero-order valence-electron chi connectivity index (χ0n) is 14.5. The van der Waals surface area contributed by atoms with Crippen molar-refractivity contribution < 1.29 is 27.1 Å². The van der Waals surface area contributed by atoms with Gasteiger partial charge in [-0.1, -0.05) is 0 Å². The fourth-order valence-electron chi connectivity index (χ4n) is 2.39. The quantitative estimate of drug-likeness (QED) is 0.500. The maximum absolute atomic E-state index is 13.0. The molecule has 3 aromatic rings. The molecule has 0 aliphatic heterocycles. The second-order valence-electron chi connectivity index (χ2n) is 5.62. The fourth-order valence-corrected chi connectivity index (χ4v) is 3.40. The van der Waals surface area contributed by atoms with Gasteiger partial charge in [0.15, 0.2) is 0 Å². The number of sulfonamides is 1. The van der Waals surface area contributed by atoms with Gasteiger partial charge in [-0.05, 0) is 42.5 Å². The van der Waals surface area contributed by atoms with E-state index >= 15 is 0 Å². The number of aromatic nitrogens is 2. The number of nitrogens with one attached hydrogen (secondary N) is 1. The largest absolute Gasteiger partial charge is 0.465 e. The molecule has 10 heteroatoms. The third-order valence-electron chi connectivity index (χ3n) is 3.79. The summed E-state index contributed by atoms with van der Waals surface area (Å²) in [7, 11) is -2.96. The molecule has 0 fully saturated rings. The molecule has 0 saturated carbocycles. The summed E-state index contributed by atoms with van der Waals surface area (Å²) >= 11 is 0. The Morgan fingerprint density at radius 3 is 2.57 bits per heavy atom. The van der Waals surface area contributed by atoms with Crippen molar-refractivity contribution in [2.75, 3.05) is 11.8 Å². The topological polar surface area (TPSA) is 107 Å². The summed E-state index contributed by atoms with van der Waals surface area (Å²) in [6.07, 6.45) is 2.88. The molecule has 0 unspecified atom stereocenters. The number of aldehydes is 1. The van der Waals surface area contributed by atoms with Crippen molar-refractivity contribution in [3.63, 3.8) is 0 Å². The van der Waals surface area contributed by atoms with Gasteiger partial charge in [0.2, 0.25) is 0 Å². The van der Waals surface area contributed by atoms with Gasteiger partial charge in [0.05, 0.1) is 36.4 Å². The maximum Gasteiger partial charge on any atom is 0.340 e. The molecule has 3 rings (SSSR count). The molecule has 1 aromatic heterocycles. The van der Waals surface area contributed by atoms with Gasteiger partial charge in [-0.3, -0.25) is 9.52 Å². The van der Waals surface area contributed by atoms with Crippen molar-refractivity contribution in [1.82, 2.24) is 9.78 Å². The van der Waals surface area contributed by atoms with Crippen LogP contribution in [0.2, 0.25) is 0 Å². The number of anilines is 1. The van der Waals surface area contributed by atoms with Crippen LogP contribution in [0.3, 0.4) is 0 Å². The summed E-state index contributed by atoms with van der Waals surface area (Å²) < 4.78 is 46.6. The second kappa shape index (κ2) is 7.61. The number of esters is 1. The highest BCUT2D eigenvalue weighted by molar-refractivity contribution is 7.92. The molecule has 0 bridgehead atoms. The first-order valence-electron chi connectivity index (χ1n) is 7.85. The molecule has 1 N–H and O–H groups in total. The Hall–Kier alpha value is -3.53. The minimum Gasteiger partial charge on any atom is -0.465 e. The third-order valence-corrected chi connectivity index (χ3v) is 5.11. The lowest BCUT2D eigenvalue weighted by molar-refractivity contribution is 0.0602. The van der Waals surface area contributed by atoms with E-state index in [1.165, 1.54) is 53.3 Å². The molecule has 28 heavy (non-hydrogen) atoms. The van der Waals surface area contributed by atoms with Crippen molar-refractivity contribution >= 4 is 28.0 Å². The predicted molar refractivity (Wildman–Crippen MR) is 97.5 cm³/mol. The second-order valence-corrected chi connectivity index (χ2v) is 7.30. The number of hydrogen-bond donors (Lipinski definition) is 1. The third kappa shape index (κ3) is 3.91. The van der Waals surface area contributed by atoms with Crippen LogP contribution in [0.5, 0.6) is 0 Å². The molecule has 0 aliphatic rings. The standard InChI is InChI=1S/C18H14FN3O5S/c1-27-18(24)16-8-12(11-23)2-7-17(16)21-28(25,26)15-9-20-22(10-15)14-5-3-13(19)4-6-14/h2-11,21H,1H3. The smallest absolute Gasteiger partial charge is 0.340 e. The van der Waals surface area contributed by atoms with Gasteiger partial charge in [0, 0.05) is 5.56 Å². The average Bonchev–Trinajstić information content (AvgIpc) is 3.19. The van der Waals surface area contributed by atoms with E-state index in [2.05, 4.69) is 14.6 Å². The number of hydrogen-bond acceptors (Lipinski definition) is 6. The van der Waals surface area contributed by atoms with Gasteiger partial charge in [-0.2, -0.15) is 5.10 Å². The zero-order chi connectivity index (χ0) is 20.3. The fraction of sp³-hybridized carbons (Fsp3) is 0.0556. The summed E-state index contributed by atoms with van der Waals surface area (Å²) in [5.74, 6) is -1.23. The minimum absolute atomic E-state index is 0.0491. The van der Waals surface area contributed by atoms with Crippen molar-refractivity contribution in [1.29, 1.82) is 0 Å². The molecule has 0 spiro atoms. The van der Waals surface area contributed by atoms with E-state index in [9.17, 15) is 22.4 Å². The van der Waals surface area contributed by atoms with Crippen LogP contribution in [0, 0.1) is 5.82 Å². The van der Waals surface area contributed by atoms with E-state index in [-0.39, 0.29) is 21.7 Å². The number of halogens is 1. The van der Waals surface area contributed by atoms with Crippen LogP contribution >= 0.6 is 0 Å². The zero-order valence-corrected chi connectivity index (χ0v) is 15.3. The SMILES string of the molecule is COC(=O)c1cc(C=O)ccc1NS(=O)(=O)c1cnn(-c2ccc(F)cc2)c1. The highest BCUT2D eigenvalue weighted by Crippen LogP contribution is 2.22. The number of carbonyl (C=O) groups is 2. The first-order valence-corrected chi connectivity index (χ1v) is 9.33. The Bertz CT molecular complexity index is 1140. The maximum atomic E-state index is 13.0. The molecule has 8 nitrogen and oxygen atoms in total. The summed E-state index contributed by atoms with van der Waals surface area (Å²) in [4.78, 5) is 22.7. The van der Waals surface area contributed by atoms with E-state index in [1.807, 2.05) is 0 Å². The molecule has 1 heterocycles. The number of nitrogens with zero attached hydrogens (tertiary/aromatic N) is 2. The minimum atomic E-state index is -4.10. The summed E-state index contributed by atoms with van der Waals surface area (Å²) in [6.45, 7) is 0. The average molecular weight is 403 g/mol. The summed E-state index contributed by atoms with van der Waals surface area (Å²) in [5, 5.41) is 3.96. The van der Waals surface area contributed by atoms with Crippen LogP contribution in [0.15, 0.2) is 59.8 Å². The Balaban J connectivity index is 1.94. The Labute approximate surface area is 159 Å². The van der Waals surface area contributed by atoms with Crippen LogP contribution in [0.1, 0.15) is 20.7 Å². The number of rotatable bonds is 6. The van der Waals surface area contributed by atoms with Gasteiger partial charge < -0.3 is 4.74 Å². The highest BCUT2D eigenvalue weighted by Gasteiger charge is 2.21. The Kier molecular flexibility index (Phi) is 5.23. The van der Waals surface area contributed by atoms with Gasteiger partial charge >= 0.3 is 5.97 Å². The molecular formula is C18H14FN3O5S. The van der Waals surface area contributed by atoms with Crippen LogP contribution in [0.25, 0.3) is 5.69 Å². The van der Waals surface area contributed by atoms with Crippen molar-refractivity contribution in [3.8, 4) is 5.69 Å². The number of benzene rings is 2. The first-order chi connectivity index (χ1) is 13.3. The van der Waals surface area contributed by atoms with Gasteiger partial charge in [0.1, 0.15) is 17.0 Å². The van der Waals surface area contributed by atoms with E-state index in [0.717, 1.165) is 13.3 Å². The molecule has 144 valence electrons. The monoisotopic (exact) mass is 403 g/mol. The first kappa shape index (κ1) is 19.2. The normalized spacial score (nSPS) is 11.1. The molecule has 0 aliphatic carbocycles. The van der Waals surface area contributed by atoms with E-state index in [1.54, 1.807) is 0 Å². The molecule has 0 radical (unpaired) electrons. The van der Waals surface area contributed by atoms with Gasteiger partial charge in [-0.25, -0.2) is 22.3 Å². The highest BCUT2D eigenvalue weighted by atomic mass is 32.2. The molecule has 0 atom stereocenters. The molecule has 2 aromatic carbocycles. The summed E-state index contributed by atoms with van der Waals surface area (Å²) in [5.41, 5.74) is 0.495. The Morgan fingerprint density at radius 1 is 1.21 bits per heavy atom. The van der Waals surface area contributed by atoms with Crippen molar-refractivity contribution in [2.45, 2.75) is 4.90 Å². The number of ether oxygens (including phenoxy) is 1. The van der Waals surface area contributed by atoms with Crippen LogP contribution in [-0.4, -0.2) is 37.6 Å². The number of methoxy groups -OCH3 is 1. The number of carbonyl (C=O) groups excluding carboxylic acids is 2. The molecule has 0 saturated heterocycles. The molecular weight excluding hydrogens is 389 g/mol. The lowest BCUT2D eigenvalue weighted by Crippen LogP contribution is -2.16. The molecule has 0 amide bonds. The van der Waals surface area contributed by atoms with Crippen molar-refractivity contribution in [2.24, 2.45) is 0 Å². The van der Waals surface area contributed by atoms with Gasteiger partial charge in [-0.15, -0.1) is 0 Å². The Morgan fingerprint density at radius 2 is 1.93 bits per heavy atom. The van der Waals surface area contributed by atoms with Crippen LogP contribution in [0.4, 0.5) is 10.1 Å². The van der Waals surface area contributed by atoms with Crippen LogP contribution < -0.4 is 4.72 Å². The van der Waals surface area contributed by atoms with Crippen LogP contribution in [-0.2, 0) is 14.8 Å². The van der Waals surface area contributed by atoms with Gasteiger partial charge in [0.25, 0.3) is 10.0 Å². The van der Waals surface area contributed by atoms with E-state index in [4.69, 9.17) is 0 Å². The lowest BCUT2D eigenvalue weighted by atomic mass is 10.1. The van der Waals surface area contributed by atoms with E-state index in [0.29, 0.717) is 12.0 Å². The lowest BCUT2D eigenvalue weighted by Gasteiger charge is -2.11. The van der Waals surface area contributed by atoms with E-state index < -0.39 is 21.8 Å².